The summed E-state index contributed by atoms with van der Waals surface area (Å²) in [5.74, 6) is 0.865. The summed E-state index contributed by atoms with van der Waals surface area (Å²) in [5.41, 5.74) is 0. The van der Waals surface area contributed by atoms with Crippen LogP contribution >= 0.6 is 28.6 Å². The lowest BCUT2D eigenvalue weighted by molar-refractivity contribution is 0.296. The Morgan fingerprint density at radius 1 is 1.12 bits per heavy atom. The molecule has 96 valence electrons. The number of rotatable bonds is 8. The van der Waals surface area contributed by atoms with Crippen molar-refractivity contribution >= 4 is 28.6 Å². The third kappa shape index (κ3) is 5.82. The predicted molar refractivity (Wildman–Crippen MR) is 80.3 cm³/mol. The minimum Gasteiger partial charge on any atom is -0.491 e. The number of unbranched alkanes of at least 4 members (excludes halogenated alkanes) is 5. The Kier molecular flexibility index (Phi) is 7.78. The van der Waals surface area contributed by atoms with E-state index in [1.807, 2.05) is 18.2 Å². The Hall–Kier alpha value is -0.150. The van der Waals surface area contributed by atoms with Crippen molar-refractivity contribution in [3.05, 3.63) is 22.7 Å². The molecule has 17 heavy (non-hydrogen) atoms. The first-order valence-corrected chi connectivity index (χ1v) is 7.60. The molecule has 0 spiro atoms. The van der Waals surface area contributed by atoms with Crippen molar-refractivity contribution in [1.29, 1.82) is 0 Å². The van der Waals surface area contributed by atoms with E-state index in [0.717, 1.165) is 28.1 Å². The second-order valence-corrected chi connectivity index (χ2v) is 5.54. The Labute approximate surface area is 118 Å². The quantitative estimate of drug-likeness (QED) is 0.493. The van der Waals surface area contributed by atoms with E-state index < -0.39 is 0 Å². The van der Waals surface area contributed by atoms with Gasteiger partial charge in [-0.05, 0) is 34.5 Å². The van der Waals surface area contributed by atoms with Gasteiger partial charge in [-0.15, -0.1) is 12.6 Å². The Bertz CT molecular complexity index is 308. The highest BCUT2D eigenvalue weighted by atomic mass is 79.9. The topological polar surface area (TPSA) is 9.23 Å². The highest BCUT2D eigenvalue weighted by Gasteiger charge is 2.04. The number of hydrogen-bond donors (Lipinski definition) is 1. The van der Waals surface area contributed by atoms with E-state index in [2.05, 4.69) is 35.5 Å². The summed E-state index contributed by atoms with van der Waals surface area (Å²) in [6.07, 6.45) is 7.71. The lowest BCUT2D eigenvalue weighted by Crippen LogP contribution is -1.98. The van der Waals surface area contributed by atoms with Gasteiger partial charge >= 0.3 is 0 Å². The zero-order chi connectivity index (χ0) is 12.5. The maximum Gasteiger partial charge on any atom is 0.146 e. The number of halogens is 1. The summed E-state index contributed by atoms with van der Waals surface area (Å²) < 4.78 is 6.73. The molecule has 3 heteroatoms. The fourth-order valence-electron chi connectivity index (χ4n) is 1.70. The van der Waals surface area contributed by atoms with Crippen LogP contribution in [0.2, 0.25) is 0 Å². The number of hydrogen-bond acceptors (Lipinski definition) is 2. The molecule has 0 fully saturated rings. The van der Waals surface area contributed by atoms with Crippen molar-refractivity contribution in [3.8, 4) is 5.75 Å². The van der Waals surface area contributed by atoms with Crippen molar-refractivity contribution in [2.75, 3.05) is 6.61 Å². The van der Waals surface area contributed by atoms with Crippen LogP contribution in [0.5, 0.6) is 5.75 Å². The predicted octanol–water partition coefficient (Wildman–Crippen LogP) is 5.48. The van der Waals surface area contributed by atoms with Crippen molar-refractivity contribution < 1.29 is 4.74 Å². The van der Waals surface area contributed by atoms with E-state index in [4.69, 9.17) is 4.74 Å². The number of ether oxygens (including phenoxy) is 1. The van der Waals surface area contributed by atoms with Crippen LogP contribution in [0.4, 0.5) is 0 Å². The lowest BCUT2D eigenvalue weighted by Gasteiger charge is -2.10. The molecular formula is C14H21BrOS. The van der Waals surface area contributed by atoms with E-state index in [1.165, 1.54) is 32.1 Å². The third-order valence-electron chi connectivity index (χ3n) is 2.69. The van der Waals surface area contributed by atoms with E-state index in [1.54, 1.807) is 0 Å². The summed E-state index contributed by atoms with van der Waals surface area (Å²) in [7, 11) is 0. The van der Waals surface area contributed by atoms with Gasteiger partial charge in [-0.3, -0.25) is 0 Å². The SMILES string of the molecule is CCCCCCCCOc1c(S)cccc1Br. The first-order valence-electron chi connectivity index (χ1n) is 6.36. The molecule has 1 aromatic carbocycles. The zero-order valence-corrected chi connectivity index (χ0v) is 12.9. The molecule has 0 radical (unpaired) electrons. The minimum atomic E-state index is 0.780. The molecule has 0 aromatic heterocycles. The summed E-state index contributed by atoms with van der Waals surface area (Å²) in [4.78, 5) is 0.894. The molecule has 0 unspecified atom stereocenters. The normalized spacial score (nSPS) is 10.5. The molecule has 1 rings (SSSR count). The number of thiol groups is 1. The van der Waals surface area contributed by atoms with E-state index >= 15 is 0 Å². The van der Waals surface area contributed by atoms with Gasteiger partial charge in [0.05, 0.1) is 11.1 Å². The molecule has 1 aromatic rings. The second-order valence-electron chi connectivity index (χ2n) is 4.20. The van der Waals surface area contributed by atoms with Crippen LogP contribution in [0.3, 0.4) is 0 Å². The monoisotopic (exact) mass is 316 g/mol. The van der Waals surface area contributed by atoms with Gasteiger partial charge in [0.25, 0.3) is 0 Å². The largest absolute Gasteiger partial charge is 0.491 e. The standard InChI is InChI=1S/C14H21BrOS/c1-2-3-4-5-6-7-11-16-14-12(15)9-8-10-13(14)17/h8-10,17H,2-7,11H2,1H3. The first-order chi connectivity index (χ1) is 8.25. The fourth-order valence-corrected chi connectivity index (χ4v) is 2.60. The molecule has 1 nitrogen and oxygen atoms in total. The van der Waals surface area contributed by atoms with Gasteiger partial charge in [-0.2, -0.15) is 0 Å². The van der Waals surface area contributed by atoms with E-state index in [-0.39, 0.29) is 0 Å². The van der Waals surface area contributed by atoms with Crippen LogP contribution < -0.4 is 4.74 Å². The highest BCUT2D eigenvalue weighted by molar-refractivity contribution is 9.10. The van der Waals surface area contributed by atoms with Gasteiger partial charge in [-0.1, -0.05) is 45.1 Å². The van der Waals surface area contributed by atoms with Crippen molar-refractivity contribution in [2.24, 2.45) is 0 Å². The molecule has 0 aliphatic rings. The molecule has 0 saturated heterocycles. The van der Waals surface area contributed by atoms with Crippen LogP contribution in [0.1, 0.15) is 45.4 Å². The summed E-state index contributed by atoms with van der Waals surface area (Å²) >= 11 is 7.86. The highest BCUT2D eigenvalue weighted by Crippen LogP contribution is 2.31. The molecule has 0 N–H and O–H groups in total. The van der Waals surface area contributed by atoms with Crippen LogP contribution in [0.25, 0.3) is 0 Å². The Morgan fingerprint density at radius 2 is 1.82 bits per heavy atom. The van der Waals surface area contributed by atoms with Gasteiger partial charge in [0.2, 0.25) is 0 Å². The molecule has 0 saturated carbocycles. The van der Waals surface area contributed by atoms with Gasteiger partial charge in [0, 0.05) is 4.90 Å². The lowest BCUT2D eigenvalue weighted by atomic mass is 10.1. The van der Waals surface area contributed by atoms with Crippen LogP contribution in [-0.2, 0) is 0 Å². The first kappa shape index (κ1) is 14.9. The molecule has 0 atom stereocenters. The maximum atomic E-state index is 5.75. The Balaban J connectivity index is 2.18. The van der Waals surface area contributed by atoms with Crippen LogP contribution in [0, 0.1) is 0 Å². The molecular weight excluding hydrogens is 296 g/mol. The average Bonchev–Trinajstić information content (AvgIpc) is 2.31. The molecule has 0 heterocycles. The molecule has 0 bridgehead atoms. The third-order valence-corrected chi connectivity index (χ3v) is 3.67. The van der Waals surface area contributed by atoms with E-state index in [9.17, 15) is 0 Å². The smallest absolute Gasteiger partial charge is 0.146 e. The minimum absolute atomic E-state index is 0.780. The fraction of sp³-hybridized carbons (Fsp3) is 0.571. The molecule has 0 amide bonds. The Morgan fingerprint density at radius 3 is 2.53 bits per heavy atom. The van der Waals surface area contributed by atoms with Crippen LogP contribution in [0.15, 0.2) is 27.6 Å². The summed E-state index contributed by atoms with van der Waals surface area (Å²) in [5, 5.41) is 0. The van der Waals surface area contributed by atoms with Gasteiger partial charge < -0.3 is 4.74 Å². The van der Waals surface area contributed by atoms with Crippen molar-refractivity contribution in [1.82, 2.24) is 0 Å². The van der Waals surface area contributed by atoms with Gasteiger partial charge in [-0.25, -0.2) is 0 Å². The summed E-state index contributed by atoms with van der Waals surface area (Å²) in [6, 6.07) is 5.89. The van der Waals surface area contributed by atoms with Gasteiger partial charge in [0.1, 0.15) is 5.75 Å². The summed E-state index contributed by atoms with van der Waals surface area (Å²) in [6.45, 7) is 3.02. The number of benzene rings is 1. The number of para-hydroxylation sites is 1. The van der Waals surface area contributed by atoms with E-state index in [0.29, 0.717) is 0 Å². The zero-order valence-electron chi connectivity index (χ0n) is 10.4. The average molecular weight is 317 g/mol. The van der Waals surface area contributed by atoms with Crippen molar-refractivity contribution in [2.45, 2.75) is 50.3 Å². The van der Waals surface area contributed by atoms with Crippen LogP contribution in [-0.4, -0.2) is 6.61 Å². The van der Waals surface area contributed by atoms with Crippen molar-refractivity contribution in [3.63, 3.8) is 0 Å². The molecule has 0 aliphatic heterocycles. The molecule has 0 aliphatic carbocycles. The second kappa shape index (κ2) is 8.87. The maximum absolute atomic E-state index is 5.75. The van der Waals surface area contributed by atoms with Gasteiger partial charge in [0.15, 0.2) is 0 Å².